The van der Waals surface area contributed by atoms with Gasteiger partial charge in [0.05, 0.1) is 0 Å². The molecular formula is C72H42N4O6S9. The molecule has 9 aromatic heterocycles. The average molecular weight is 1350 g/mol. The molecule has 0 fully saturated rings. The second-order valence-corrected chi connectivity index (χ2v) is 29.7. The van der Waals surface area contributed by atoms with Crippen LogP contribution < -0.4 is 4.90 Å². The summed E-state index contributed by atoms with van der Waals surface area (Å²) in [6.45, 7) is 0. The predicted molar refractivity (Wildman–Crippen MR) is 384 cm³/mol. The first-order valence-corrected chi connectivity index (χ1v) is 34.8. The van der Waals surface area contributed by atoms with Crippen LogP contribution in [-0.4, -0.2) is 33.2 Å². The standard InChI is InChI=1S/C72H42N4O6S9/c73-40-46(70(77)78)37-55-22-28-61(86-55)67-34-31-64(89-67)58-25-19-52(83-58)16-7-43-1-10-49(11-2-43)76(50-12-3-44(4-13-50)8-17-53-20-26-59(84-53)65-32-35-68(90-65)62-29-23-56(87-62)38-47(41-74)71(79)80)51-14-5-45(6-15-51)9-18-54-21-27-60(85-54)66-33-36-69(91-66)63-30-24-57(88-63)39-48(42-75)72(81)82/h1-39H,(H,77,78)(H,79,80)(H,81,82)/b16-7+,17-8+,18-9+,46-37-,47-38-,48-39-. The number of carboxylic acids is 3. The van der Waals surface area contributed by atoms with Gasteiger partial charge in [-0.25, -0.2) is 14.4 Å². The van der Waals surface area contributed by atoms with Crippen LogP contribution in [0.25, 0.3) is 113 Å². The smallest absolute Gasteiger partial charge is 0.346 e. The fourth-order valence-electron chi connectivity index (χ4n) is 9.26. The molecule has 12 aromatic rings. The molecule has 0 spiro atoms. The van der Waals surface area contributed by atoms with E-state index in [1.54, 1.807) is 86.2 Å². The zero-order valence-corrected chi connectivity index (χ0v) is 54.4. The summed E-state index contributed by atoms with van der Waals surface area (Å²) in [5.74, 6) is -3.73. The van der Waals surface area contributed by atoms with Crippen LogP contribution in [0, 0.1) is 34.0 Å². The van der Waals surface area contributed by atoms with Crippen molar-refractivity contribution in [2.75, 3.05) is 4.90 Å². The third kappa shape index (κ3) is 14.7. The van der Waals surface area contributed by atoms with Crippen LogP contribution in [0.15, 0.2) is 199 Å². The van der Waals surface area contributed by atoms with Crippen molar-refractivity contribution >= 4 is 192 Å². The Hall–Kier alpha value is -9.92. The number of nitriles is 3. The molecule has 10 nitrogen and oxygen atoms in total. The molecule has 19 heteroatoms. The highest BCUT2D eigenvalue weighted by molar-refractivity contribution is 7.28. The number of benzene rings is 3. The highest BCUT2D eigenvalue weighted by Crippen LogP contribution is 2.45. The van der Waals surface area contributed by atoms with Crippen LogP contribution in [-0.2, 0) is 14.4 Å². The van der Waals surface area contributed by atoms with Gasteiger partial charge in [0.1, 0.15) is 34.9 Å². The SMILES string of the molecule is N#C/C(=C/c1ccc(-c2ccc(-c3ccc(/C=C/c4ccc(N(c5ccc(/C=C/c6ccc(-c7ccc(-c8ccc(/C=C(/C#N)C(=O)O)s8)s7)s6)cc5)c5ccc(/C=C/c6ccc(-c7ccc(-c8ccc(/C=C(/C#N)C(=O)O)s8)s7)s6)cc5)cc4)s3)s2)s1)C(=O)O. The molecule has 0 aliphatic rings. The Kier molecular flexibility index (Phi) is 18.8. The molecule has 0 saturated heterocycles. The van der Waals surface area contributed by atoms with E-state index < -0.39 is 17.9 Å². The molecule has 12 rings (SSSR count). The Morgan fingerprint density at radius 3 is 0.692 bits per heavy atom. The van der Waals surface area contributed by atoms with E-state index in [4.69, 9.17) is 0 Å². The molecule has 0 atom stereocenters. The predicted octanol–water partition coefficient (Wildman–Crippen LogP) is 22.2. The number of carbonyl (C=O) groups is 3. The molecular weight excluding hydrogens is 1310 g/mol. The number of hydrogen-bond donors (Lipinski definition) is 3. The minimum atomic E-state index is -1.24. The molecule has 440 valence electrons. The van der Waals surface area contributed by atoms with Gasteiger partial charge < -0.3 is 20.2 Å². The Balaban J connectivity index is 0.748. The van der Waals surface area contributed by atoms with Crippen LogP contribution in [0.5, 0.6) is 0 Å². The summed E-state index contributed by atoms with van der Waals surface area (Å²) >= 11 is 14.5. The van der Waals surface area contributed by atoms with Crippen molar-refractivity contribution in [3.05, 3.63) is 245 Å². The van der Waals surface area contributed by atoms with E-state index in [9.17, 15) is 45.5 Å². The van der Waals surface area contributed by atoms with Gasteiger partial charge in [-0.1, -0.05) is 54.6 Å². The topological polar surface area (TPSA) is 187 Å². The van der Waals surface area contributed by atoms with E-state index in [0.29, 0.717) is 14.6 Å². The molecule has 91 heavy (non-hydrogen) atoms. The summed E-state index contributed by atoms with van der Waals surface area (Å²) < 4.78 is 0. The Morgan fingerprint density at radius 2 is 0.473 bits per heavy atom. The third-order valence-corrected chi connectivity index (χ3v) is 24.4. The van der Waals surface area contributed by atoms with Gasteiger partial charge >= 0.3 is 17.9 Å². The Labute approximate surface area is 558 Å². The molecule has 0 unspecified atom stereocenters. The van der Waals surface area contributed by atoms with Gasteiger partial charge in [0.15, 0.2) is 0 Å². The lowest BCUT2D eigenvalue weighted by molar-refractivity contribution is -0.133. The number of carboxylic acid groups (broad SMARTS) is 3. The number of anilines is 3. The lowest BCUT2D eigenvalue weighted by Gasteiger charge is -2.26. The largest absolute Gasteiger partial charge is 0.477 e. The summed E-state index contributed by atoms with van der Waals surface area (Å²) in [5.41, 5.74) is 5.24. The number of rotatable bonds is 21. The van der Waals surface area contributed by atoms with Crippen molar-refractivity contribution in [1.82, 2.24) is 0 Å². The van der Waals surface area contributed by atoms with Crippen molar-refractivity contribution in [3.63, 3.8) is 0 Å². The molecule has 0 radical (unpaired) electrons. The average Bonchev–Trinajstić information content (AvgIpc) is 1.54. The number of thiophene rings is 9. The van der Waals surface area contributed by atoms with Gasteiger partial charge in [0, 0.05) is 105 Å². The second-order valence-electron chi connectivity index (χ2n) is 19.7. The van der Waals surface area contributed by atoms with E-state index in [-0.39, 0.29) is 16.7 Å². The minimum Gasteiger partial charge on any atom is -0.477 e. The highest BCUT2D eigenvalue weighted by Gasteiger charge is 2.17. The monoisotopic (exact) mass is 1350 g/mol. The third-order valence-electron chi connectivity index (χ3n) is 13.7. The van der Waals surface area contributed by atoms with E-state index in [1.165, 1.54) is 52.2 Å². The quantitative estimate of drug-likeness (QED) is 0.0462. The molecule has 0 aliphatic carbocycles. The maximum absolute atomic E-state index is 11.4. The zero-order chi connectivity index (χ0) is 63.0. The normalized spacial score (nSPS) is 12.0. The maximum atomic E-state index is 11.4. The van der Waals surface area contributed by atoms with Crippen LogP contribution in [0.3, 0.4) is 0 Å². The van der Waals surface area contributed by atoms with Crippen molar-refractivity contribution in [3.8, 4) is 76.7 Å². The van der Waals surface area contributed by atoms with E-state index in [1.807, 2.05) is 36.4 Å². The van der Waals surface area contributed by atoms with Crippen LogP contribution in [0.4, 0.5) is 17.1 Å². The summed E-state index contributed by atoms with van der Waals surface area (Å²) in [5, 5.41) is 55.5. The number of nitrogens with zero attached hydrogens (tertiary/aromatic N) is 4. The molecule has 9 heterocycles. The van der Waals surface area contributed by atoms with Crippen LogP contribution in [0.1, 0.15) is 46.0 Å². The molecule has 0 amide bonds. The summed E-state index contributed by atoms with van der Waals surface area (Å²) in [4.78, 5) is 54.9. The van der Waals surface area contributed by atoms with Crippen LogP contribution >= 0.6 is 102 Å². The Morgan fingerprint density at radius 1 is 0.275 bits per heavy atom. The van der Waals surface area contributed by atoms with Gasteiger partial charge in [-0.15, -0.1) is 102 Å². The molecule has 0 bridgehead atoms. The Bertz CT molecular complexity index is 4540. The summed E-state index contributed by atoms with van der Waals surface area (Å²) in [6.07, 6.45) is 17.0. The lowest BCUT2D eigenvalue weighted by atomic mass is 10.1. The van der Waals surface area contributed by atoms with Crippen molar-refractivity contribution in [1.29, 1.82) is 15.8 Å². The summed E-state index contributed by atoms with van der Waals surface area (Å²) in [7, 11) is 0. The van der Waals surface area contributed by atoms with Gasteiger partial charge in [-0.3, -0.25) is 0 Å². The van der Waals surface area contributed by atoms with Crippen molar-refractivity contribution < 1.29 is 29.7 Å². The van der Waals surface area contributed by atoms with Gasteiger partial charge in [-0.05, 0) is 199 Å². The molecule has 3 aromatic carbocycles. The van der Waals surface area contributed by atoms with Crippen LogP contribution in [0.2, 0.25) is 0 Å². The first kappa shape index (κ1) is 61.3. The lowest BCUT2D eigenvalue weighted by Crippen LogP contribution is -2.09. The second kappa shape index (κ2) is 27.9. The fourth-order valence-corrected chi connectivity index (χ4v) is 18.4. The van der Waals surface area contributed by atoms with Gasteiger partial charge in [0.25, 0.3) is 0 Å². The van der Waals surface area contributed by atoms with E-state index >= 15 is 0 Å². The number of aliphatic carboxylic acids is 3. The van der Waals surface area contributed by atoms with Crippen molar-refractivity contribution in [2.45, 2.75) is 0 Å². The fraction of sp³-hybridized carbons (Fsp3) is 0. The van der Waals surface area contributed by atoms with Crippen molar-refractivity contribution in [2.24, 2.45) is 0 Å². The van der Waals surface area contributed by atoms with Gasteiger partial charge in [-0.2, -0.15) is 15.8 Å². The molecule has 3 N–H and O–H groups in total. The van der Waals surface area contributed by atoms with E-state index in [0.717, 1.165) is 107 Å². The molecule has 0 aliphatic heterocycles. The molecule has 0 saturated carbocycles. The first-order valence-electron chi connectivity index (χ1n) is 27.4. The maximum Gasteiger partial charge on any atom is 0.346 e. The minimum absolute atomic E-state index is 0.296. The van der Waals surface area contributed by atoms with E-state index in [2.05, 4.69) is 187 Å². The zero-order valence-electron chi connectivity index (χ0n) is 47.0. The highest BCUT2D eigenvalue weighted by atomic mass is 32.1. The first-order chi connectivity index (χ1) is 44.3. The number of hydrogen-bond acceptors (Lipinski definition) is 16. The summed E-state index contributed by atoms with van der Waals surface area (Å²) in [6, 6.07) is 67.6. The van der Waals surface area contributed by atoms with Gasteiger partial charge in [0.2, 0.25) is 0 Å².